The Hall–Kier alpha value is -1.02. The van der Waals surface area contributed by atoms with Crippen molar-refractivity contribution in [2.75, 3.05) is 0 Å². The van der Waals surface area contributed by atoms with Crippen molar-refractivity contribution in [1.29, 1.82) is 0 Å². The third-order valence-electron chi connectivity index (χ3n) is 1.84. The molecule has 0 saturated heterocycles. The van der Waals surface area contributed by atoms with E-state index in [1.807, 2.05) is 36.6 Å². The molecular formula is C11H8BrN. The Balaban J connectivity index is 2.40. The predicted molar refractivity (Wildman–Crippen MR) is 57.6 cm³/mol. The smallest absolute Gasteiger partial charge is 0.115 e. The van der Waals surface area contributed by atoms with Gasteiger partial charge < -0.3 is 5.32 Å². The van der Waals surface area contributed by atoms with E-state index in [-0.39, 0.29) is 0 Å². The molecule has 0 aliphatic carbocycles. The first-order chi connectivity index (χ1) is 6.38. The summed E-state index contributed by atoms with van der Waals surface area (Å²) in [6.07, 6.45) is 5.82. The molecule has 1 N–H and O–H groups in total. The van der Waals surface area contributed by atoms with Crippen molar-refractivity contribution < 1.29 is 0 Å². The van der Waals surface area contributed by atoms with E-state index in [1.165, 1.54) is 5.56 Å². The van der Waals surface area contributed by atoms with Gasteiger partial charge >= 0.3 is 0 Å². The maximum absolute atomic E-state index is 3.51. The van der Waals surface area contributed by atoms with Gasteiger partial charge in [0.05, 0.1) is 0 Å². The Morgan fingerprint density at radius 1 is 1.23 bits per heavy atom. The average Bonchev–Trinajstić information content (AvgIpc) is 2.20. The Kier molecular flexibility index (Phi) is 2.50. The van der Waals surface area contributed by atoms with E-state index in [9.17, 15) is 0 Å². The zero-order valence-electron chi connectivity index (χ0n) is 6.92. The lowest BCUT2D eigenvalue weighted by atomic mass is 10.0. The van der Waals surface area contributed by atoms with Crippen molar-refractivity contribution in [1.82, 2.24) is 5.32 Å². The molecule has 64 valence electrons. The molecule has 0 unspecified atom stereocenters. The van der Waals surface area contributed by atoms with Crippen LogP contribution in [0.1, 0.15) is 5.56 Å². The molecule has 0 saturated carbocycles. The Bertz CT molecular complexity index is 366. The fourth-order valence-corrected chi connectivity index (χ4v) is 1.72. The van der Waals surface area contributed by atoms with Gasteiger partial charge in [-0.2, -0.15) is 0 Å². The van der Waals surface area contributed by atoms with Crippen LogP contribution >= 0.6 is 15.9 Å². The van der Waals surface area contributed by atoms with Crippen molar-refractivity contribution in [3.8, 4) is 0 Å². The van der Waals surface area contributed by atoms with Crippen LogP contribution in [0.4, 0.5) is 0 Å². The molecule has 1 aliphatic rings. The number of benzene rings is 1. The molecule has 1 aromatic rings. The molecule has 13 heavy (non-hydrogen) atoms. The fraction of sp³-hybridized carbons (Fsp3) is 0. The molecule has 0 amide bonds. The van der Waals surface area contributed by atoms with Gasteiger partial charge in [0, 0.05) is 4.47 Å². The quantitative estimate of drug-likeness (QED) is 0.787. The van der Waals surface area contributed by atoms with Crippen LogP contribution in [0.3, 0.4) is 0 Å². The van der Waals surface area contributed by atoms with Gasteiger partial charge in [0.1, 0.15) is 6.54 Å². The van der Waals surface area contributed by atoms with Gasteiger partial charge in [0.15, 0.2) is 0 Å². The molecule has 1 nitrogen and oxygen atoms in total. The predicted octanol–water partition coefficient (Wildman–Crippen LogP) is 2.99. The first-order valence-corrected chi connectivity index (χ1v) is 4.80. The van der Waals surface area contributed by atoms with E-state index in [4.69, 9.17) is 0 Å². The first kappa shape index (κ1) is 8.57. The molecule has 2 heteroatoms. The van der Waals surface area contributed by atoms with Gasteiger partial charge in [0.25, 0.3) is 0 Å². The Morgan fingerprint density at radius 2 is 2.08 bits per heavy atom. The molecule has 1 aliphatic heterocycles. The molecule has 2 radical (unpaired) electrons. The van der Waals surface area contributed by atoms with Crippen LogP contribution in [0.2, 0.25) is 0 Å². The van der Waals surface area contributed by atoms with E-state index in [0.717, 1.165) is 10.0 Å². The maximum Gasteiger partial charge on any atom is 0.115 e. The van der Waals surface area contributed by atoms with E-state index < -0.39 is 0 Å². The number of dihydropyridines is 1. The summed E-state index contributed by atoms with van der Waals surface area (Å²) in [5.41, 5.74) is 2.35. The van der Waals surface area contributed by atoms with Gasteiger partial charge in [-0.3, -0.25) is 0 Å². The largest absolute Gasteiger partial charge is 0.377 e. The van der Waals surface area contributed by atoms with Crippen LogP contribution in [-0.2, 0) is 0 Å². The summed E-state index contributed by atoms with van der Waals surface area (Å²) in [6, 6.07) is 8.14. The minimum Gasteiger partial charge on any atom is -0.377 e. The number of nitrogens with one attached hydrogen (secondary N) is 1. The van der Waals surface area contributed by atoms with Crippen LogP contribution in [0, 0.1) is 6.54 Å². The van der Waals surface area contributed by atoms with Crippen LogP contribution in [0.25, 0.3) is 5.57 Å². The number of hydrogen-bond acceptors (Lipinski definition) is 1. The van der Waals surface area contributed by atoms with Gasteiger partial charge in [-0.15, -0.1) is 0 Å². The van der Waals surface area contributed by atoms with Crippen LogP contribution in [0.15, 0.2) is 47.1 Å². The summed E-state index contributed by atoms with van der Waals surface area (Å²) in [6.45, 7) is 2.94. The number of rotatable bonds is 1. The monoisotopic (exact) mass is 233 g/mol. The van der Waals surface area contributed by atoms with Gasteiger partial charge in [-0.25, -0.2) is 0 Å². The van der Waals surface area contributed by atoms with E-state index in [2.05, 4.69) is 33.9 Å². The maximum atomic E-state index is 3.51. The summed E-state index contributed by atoms with van der Waals surface area (Å²) >= 11 is 3.51. The summed E-state index contributed by atoms with van der Waals surface area (Å²) in [4.78, 5) is 0. The zero-order valence-corrected chi connectivity index (χ0v) is 8.51. The van der Waals surface area contributed by atoms with E-state index in [0.29, 0.717) is 0 Å². The molecule has 0 aromatic heterocycles. The molecule has 0 spiro atoms. The highest BCUT2D eigenvalue weighted by molar-refractivity contribution is 9.10. The summed E-state index contributed by atoms with van der Waals surface area (Å²) in [7, 11) is 0. The third-order valence-corrected chi connectivity index (χ3v) is 2.53. The van der Waals surface area contributed by atoms with Crippen molar-refractivity contribution in [3.05, 3.63) is 59.2 Å². The standard InChI is InChI=1S/C11H8BrN/c12-11-4-2-1-3-10(11)9-5-7-13-8-6-9/h1-7,13H. The second-order valence-electron chi connectivity index (χ2n) is 2.70. The van der Waals surface area contributed by atoms with E-state index in [1.54, 1.807) is 0 Å². The van der Waals surface area contributed by atoms with Crippen molar-refractivity contribution in [3.63, 3.8) is 0 Å². The average molecular weight is 234 g/mol. The molecule has 1 heterocycles. The van der Waals surface area contributed by atoms with Crippen molar-refractivity contribution in [2.45, 2.75) is 0 Å². The molecule has 2 rings (SSSR count). The number of halogens is 1. The van der Waals surface area contributed by atoms with Gasteiger partial charge in [0.2, 0.25) is 0 Å². The SMILES string of the molecule is Brc1ccccc1C1=C[C]NC=C1. The lowest BCUT2D eigenvalue weighted by Gasteiger charge is -2.08. The highest BCUT2D eigenvalue weighted by Crippen LogP contribution is 2.25. The molecule has 0 fully saturated rings. The minimum absolute atomic E-state index is 1.11. The van der Waals surface area contributed by atoms with Crippen LogP contribution < -0.4 is 5.32 Å². The highest BCUT2D eigenvalue weighted by Gasteiger charge is 2.03. The third kappa shape index (κ3) is 1.83. The summed E-state index contributed by atoms with van der Waals surface area (Å²) in [5.74, 6) is 0. The Labute approximate surface area is 86.3 Å². The lowest BCUT2D eigenvalue weighted by molar-refractivity contribution is 1.10. The normalized spacial score (nSPS) is 15.0. The summed E-state index contributed by atoms with van der Waals surface area (Å²) in [5, 5.41) is 2.88. The van der Waals surface area contributed by atoms with E-state index >= 15 is 0 Å². The highest BCUT2D eigenvalue weighted by atomic mass is 79.9. The van der Waals surface area contributed by atoms with Crippen molar-refractivity contribution >= 4 is 21.5 Å². The molecule has 0 atom stereocenters. The topological polar surface area (TPSA) is 12.0 Å². The van der Waals surface area contributed by atoms with Gasteiger partial charge in [-0.1, -0.05) is 34.1 Å². The minimum atomic E-state index is 1.11. The zero-order chi connectivity index (χ0) is 9.10. The molecular weight excluding hydrogens is 226 g/mol. The summed E-state index contributed by atoms with van der Waals surface area (Å²) < 4.78 is 1.11. The Morgan fingerprint density at radius 3 is 2.77 bits per heavy atom. The molecule has 1 aromatic carbocycles. The van der Waals surface area contributed by atoms with Crippen molar-refractivity contribution in [2.24, 2.45) is 0 Å². The number of allylic oxidation sites excluding steroid dienone is 2. The lowest BCUT2D eigenvalue weighted by Crippen LogP contribution is -2.02. The second-order valence-corrected chi connectivity index (χ2v) is 3.56. The fourth-order valence-electron chi connectivity index (χ4n) is 1.21. The second kappa shape index (κ2) is 3.79. The van der Waals surface area contributed by atoms with Crippen LogP contribution in [-0.4, -0.2) is 0 Å². The number of hydrogen-bond donors (Lipinski definition) is 1. The van der Waals surface area contributed by atoms with Crippen LogP contribution in [0.5, 0.6) is 0 Å². The first-order valence-electron chi connectivity index (χ1n) is 4.00. The molecule has 0 bridgehead atoms. The van der Waals surface area contributed by atoms with Gasteiger partial charge in [-0.05, 0) is 35.6 Å².